The number of fused-ring (bicyclic) bond motifs is 4. The fourth-order valence-electron chi connectivity index (χ4n) is 4.49. The summed E-state index contributed by atoms with van der Waals surface area (Å²) in [6, 6.07) is 11.5. The topological polar surface area (TPSA) is 59.8 Å². The third kappa shape index (κ3) is 2.60. The van der Waals surface area contributed by atoms with Gasteiger partial charge in [0.15, 0.2) is 11.5 Å². The molecule has 2 aliphatic heterocycles. The van der Waals surface area contributed by atoms with E-state index < -0.39 is 5.60 Å². The zero-order valence-electron chi connectivity index (χ0n) is 16.9. The van der Waals surface area contributed by atoms with Crippen LogP contribution in [0.5, 0.6) is 5.75 Å². The van der Waals surface area contributed by atoms with Crippen LogP contribution in [0.2, 0.25) is 0 Å². The number of aryl methyl sites for hydroxylation is 1. The molecule has 148 valence electrons. The molecule has 1 aromatic heterocycles. The van der Waals surface area contributed by atoms with E-state index >= 15 is 0 Å². The molecule has 3 aromatic rings. The van der Waals surface area contributed by atoms with Crippen molar-refractivity contribution >= 4 is 28.3 Å². The number of hydrogen-bond acceptors (Lipinski definition) is 4. The van der Waals surface area contributed by atoms with Crippen LogP contribution in [0.1, 0.15) is 58.7 Å². The average molecular weight is 389 g/mol. The summed E-state index contributed by atoms with van der Waals surface area (Å²) < 4.78 is 12.1. The Bertz CT molecular complexity index is 1180. The normalized spacial score (nSPS) is 20.5. The Kier molecular flexibility index (Phi) is 3.85. The Morgan fingerprint density at radius 3 is 2.79 bits per heavy atom. The molecule has 1 amide bonds. The SMILES string of the molecule is CCC1(C)CC(=O)c2c(ccc3oc(C(=O)N4CCc5ccccc54)c(C)c23)O1. The van der Waals surface area contributed by atoms with Crippen LogP contribution in [0.3, 0.4) is 0 Å². The van der Waals surface area contributed by atoms with Gasteiger partial charge in [0.05, 0.1) is 12.0 Å². The Balaban J connectivity index is 1.61. The number of ether oxygens (including phenoxy) is 1. The number of carbonyl (C=O) groups is 2. The van der Waals surface area contributed by atoms with Gasteiger partial charge in [-0.15, -0.1) is 0 Å². The molecule has 1 unspecified atom stereocenters. The lowest BCUT2D eigenvalue weighted by Gasteiger charge is -2.34. The molecule has 0 aliphatic carbocycles. The van der Waals surface area contributed by atoms with Gasteiger partial charge in [-0.1, -0.05) is 25.1 Å². The van der Waals surface area contributed by atoms with E-state index in [4.69, 9.17) is 9.15 Å². The van der Waals surface area contributed by atoms with Gasteiger partial charge < -0.3 is 14.1 Å². The van der Waals surface area contributed by atoms with Crippen LogP contribution < -0.4 is 9.64 Å². The van der Waals surface area contributed by atoms with Gasteiger partial charge in [-0.05, 0) is 50.5 Å². The van der Waals surface area contributed by atoms with E-state index in [1.54, 1.807) is 17.0 Å². The van der Waals surface area contributed by atoms with Gasteiger partial charge in [0, 0.05) is 23.2 Å². The molecular formula is C24H23NO4. The highest BCUT2D eigenvalue weighted by molar-refractivity contribution is 6.15. The molecule has 2 aliphatic rings. The monoisotopic (exact) mass is 389 g/mol. The number of anilines is 1. The van der Waals surface area contributed by atoms with Crippen molar-refractivity contribution in [3.05, 3.63) is 58.8 Å². The maximum absolute atomic E-state index is 13.3. The summed E-state index contributed by atoms with van der Waals surface area (Å²) in [6.07, 6.45) is 1.90. The fourth-order valence-corrected chi connectivity index (χ4v) is 4.49. The summed E-state index contributed by atoms with van der Waals surface area (Å²) in [5, 5.41) is 0.696. The first kappa shape index (κ1) is 18.0. The molecule has 3 heterocycles. The molecule has 5 nitrogen and oxygen atoms in total. The molecule has 5 heteroatoms. The van der Waals surface area contributed by atoms with Crippen molar-refractivity contribution < 1.29 is 18.7 Å². The molecule has 0 fully saturated rings. The summed E-state index contributed by atoms with van der Waals surface area (Å²) in [4.78, 5) is 28.1. The van der Waals surface area contributed by atoms with Gasteiger partial charge in [-0.3, -0.25) is 9.59 Å². The number of carbonyl (C=O) groups excluding carboxylic acids is 2. The Morgan fingerprint density at radius 1 is 1.21 bits per heavy atom. The Hall–Kier alpha value is -3.08. The Morgan fingerprint density at radius 2 is 2.00 bits per heavy atom. The minimum absolute atomic E-state index is 0.0376. The largest absolute Gasteiger partial charge is 0.486 e. The van der Waals surface area contributed by atoms with E-state index in [9.17, 15) is 9.59 Å². The molecule has 0 saturated carbocycles. The summed E-state index contributed by atoms with van der Waals surface area (Å²) in [5.41, 5.74) is 3.38. The lowest BCUT2D eigenvalue weighted by atomic mass is 9.87. The van der Waals surface area contributed by atoms with E-state index in [-0.39, 0.29) is 11.7 Å². The second-order valence-corrected chi connectivity index (χ2v) is 8.21. The van der Waals surface area contributed by atoms with E-state index in [1.165, 1.54) is 0 Å². The third-order valence-electron chi connectivity index (χ3n) is 6.30. The number of hydrogen-bond donors (Lipinski definition) is 0. The number of para-hydroxylation sites is 1. The van der Waals surface area contributed by atoms with Crippen molar-refractivity contribution in [2.75, 3.05) is 11.4 Å². The predicted octanol–water partition coefficient (Wildman–Crippen LogP) is 5.08. The lowest BCUT2D eigenvalue weighted by molar-refractivity contribution is 0.0503. The van der Waals surface area contributed by atoms with Gasteiger partial charge in [-0.25, -0.2) is 0 Å². The first-order valence-corrected chi connectivity index (χ1v) is 10.1. The van der Waals surface area contributed by atoms with Gasteiger partial charge >= 0.3 is 0 Å². The molecule has 5 rings (SSSR count). The summed E-state index contributed by atoms with van der Waals surface area (Å²) in [6.45, 7) is 6.45. The standard InChI is InChI=1S/C24H23NO4/c1-4-24(3)13-17(26)21-19(29-24)10-9-18-20(21)14(2)22(28-18)23(27)25-12-11-15-7-5-6-8-16(15)25/h5-10H,4,11-13H2,1-3H3. The first-order chi connectivity index (χ1) is 13.9. The van der Waals surface area contributed by atoms with Crippen LogP contribution in [0.25, 0.3) is 11.0 Å². The maximum atomic E-state index is 13.3. The van der Waals surface area contributed by atoms with Gasteiger partial charge in [0.25, 0.3) is 5.91 Å². The van der Waals surface area contributed by atoms with Crippen LogP contribution in [0.4, 0.5) is 5.69 Å². The number of ketones is 1. The molecular weight excluding hydrogens is 366 g/mol. The third-order valence-corrected chi connectivity index (χ3v) is 6.30. The van der Waals surface area contributed by atoms with Crippen LogP contribution in [-0.4, -0.2) is 23.8 Å². The van der Waals surface area contributed by atoms with Crippen LogP contribution >= 0.6 is 0 Å². The molecule has 1 atom stereocenters. The second kappa shape index (κ2) is 6.21. The van der Waals surface area contributed by atoms with E-state index in [1.807, 2.05) is 45.0 Å². The van der Waals surface area contributed by atoms with Crippen molar-refractivity contribution in [2.24, 2.45) is 0 Å². The lowest BCUT2D eigenvalue weighted by Crippen LogP contribution is -2.38. The van der Waals surface area contributed by atoms with Crippen LogP contribution in [0.15, 0.2) is 40.8 Å². The number of Topliss-reactive ketones (excluding diaryl/α,β-unsaturated/α-hetero) is 1. The second-order valence-electron chi connectivity index (χ2n) is 8.21. The summed E-state index contributed by atoms with van der Waals surface area (Å²) in [5.74, 6) is 0.741. The van der Waals surface area contributed by atoms with E-state index in [0.29, 0.717) is 46.6 Å². The average Bonchev–Trinajstić information content (AvgIpc) is 3.29. The van der Waals surface area contributed by atoms with E-state index in [2.05, 4.69) is 0 Å². The fraction of sp³-hybridized carbons (Fsp3) is 0.333. The number of benzene rings is 2. The van der Waals surface area contributed by atoms with Crippen molar-refractivity contribution in [1.29, 1.82) is 0 Å². The highest BCUT2D eigenvalue weighted by atomic mass is 16.5. The first-order valence-electron chi connectivity index (χ1n) is 10.1. The number of furan rings is 1. The maximum Gasteiger partial charge on any atom is 0.294 e. The molecule has 2 aromatic carbocycles. The molecule has 0 radical (unpaired) electrons. The van der Waals surface area contributed by atoms with Gasteiger partial charge in [0.2, 0.25) is 0 Å². The minimum atomic E-state index is -0.493. The van der Waals surface area contributed by atoms with Crippen LogP contribution in [0, 0.1) is 6.92 Å². The highest BCUT2D eigenvalue weighted by Crippen LogP contribution is 2.42. The highest BCUT2D eigenvalue weighted by Gasteiger charge is 2.38. The Labute approximate surface area is 169 Å². The zero-order chi connectivity index (χ0) is 20.3. The van der Waals surface area contributed by atoms with Gasteiger partial charge in [-0.2, -0.15) is 0 Å². The molecule has 0 saturated heterocycles. The predicted molar refractivity (Wildman–Crippen MR) is 111 cm³/mol. The zero-order valence-corrected chi connectivity index (χ0v) is 16.9. The summed E-state index contributed by atoms with van der Waals surface area (Å²) >= 11 is 0. The minimum Gasteiger partial charge on any atom is -0.486 e. The molecule has 0 spiro atoms. The summed E-state index contributed by atoms with van der Waals surface area (Å²) in [7, 11) is 0. The number of nitrogens with zero attached hydrogens (tertiary/aromatic N) is 1. The number of rotatable bonds is 2. The van der Waals surface area contributed by atoms with E-state index in [0.717, 1.165) is 24.1 Å². The molecule has 0 bridgehead atoms. The molecule has 0 N–H and O–H groups in total. The van der Waals surface area contributed by atoms with Crippen molar-refractivity contribution in [3.63, 3.8) is 0 Å². The van der Waals surface area contributed by atoms with Gasteiger partial charge in [0.1, 0.15) is 16.9 Å². The molecule has 29 heavy (non-hydrogen) atoms. The van der Waals surface area contributed by atoms with Crippen molar-refractivity contribution in [2.45, 2.75) is 45.6 Å². The quantitative estimate of drug-likeness (QED) is 0.613. The number of amides is 1. The smallest absolute Gasteiger partial charge is 0.294 e. The van der Waals surface area contributed by atoms with Crippen molar-refractivity contribution in [1.82, 2.24) is 0 Å². The van der Waals surface area contributed by atoms with Crippen molar-refractivity contribution in [3.8, 4) is 5.75 Å². The van der Waals surface area contributed by atoms with Crippen LogP contribution in [-0.2, 0) is 6.42 Å².